The van der Waals surface area contributed by atoms with Crippen LogP contribution in [0.1, 0.15) is 13.8 Å². The Morgan fingerprint density at radius 1 is 1.00 bits per heavy atom. The summed E-state index contributed by atoms with van der Waals surface area (Å²) in [6.45, 7) is 8.63. The maximum Gasteiger partial charge on any atom is 0.128 e. The molecule has 0 amide bonds. The predicted molar refractivity (Wildman–Crippen MR) is 95.8 cm³/mol. The first-order valence-corrected chi connectivity index (χ1v) is 7.84. The van der Waals surface area contributed by atoms with Gasteiger partial charge in [-0.2, -0.15) is 0 Å². The van der Waals surface area contributed by atoms with Gasteiger partial charge in [-0.25, -0.2) is 9.37 Å². The molecule has 1 aromatic heterocycles. The van der Waals surface area contributed by atoms with Crippen molar-refractivity contribution >= 4 is 18.2 Å². The highest BCUT2D eigenvalue weighted by Crippen LogP contribution is 2.22. The van der Waals surface area contributed by atoms with Gasteiger partial charge in [0.25, 0.3) is 0 Å². The molecule has 0 saturated carbocycles. The van der Waals surface area contributed by atoms with Crippen molar-refractivity contribution in [2.75, 3.05) is 31.1 Å². The van der Waals surface area contributed by atoms with Crippen LogP contribution in [0.2, 0.25) is 0 Å². The van der Waals surface area contributed by atoms with E-state index in [0.29, 0.717) is 6.04 Å². The number of anilines is 1. The Kier molecular flexibility index (Phi) is 5.97. The van der Waals surface area contributed by atoms with Crippen LogP contribution in [0.3, 0.4) is 0 Å². The standard InChI is InChI=1S/C18H22FN3.ClH/c1-14(2)21-8-10-22(11-9-21)18-7-6-16(13-20-18)15-4-3-5-17(19)12-15;/h3-7,12-14H,8-11H2,1-2H3;1H. The molecule has 124 valence electrons. The van der Waals surface area contributed by atoms with E-state index in [1.54, 1.807) is 6.07 Å². The van der Waals surface area contributed by atoms with Gasteiger partial charge < -0.3 is 4.90 Å². The van der Waals surface area contributed by atoms with Crippen molar-refractivity contribution in [2.24, 2.45) is 0 Å². The predicted octanol–water partition coefficient (Wildman–Crippen LogP) is 3.84. The van der Waals surface area contributed by atoms with Crippen molar-refractivity contribution in [3.05, 3.63) is 48.4 Å². The second kappa shape index (κ2) is 7.75. The maximum absolute atomic E-state index is 13.3. The maximum atomic E-state index is 13.3. The summed E-state index contributed by atoms with van der Waals surface area (Å²) in [4.78, 5) is 9.36. The Morgan fingerprint density at radius 3 is 2.30 bits per heavy atom. The molecule has 0 bridgehead atoms. The number of halogens is 2. The van der Waals surface area contributed by atoms with Gasteiger partial charge in [-0.05, 0) is 43.7 Å². The molecule has 0 spiro atoms. The molecular formula is C18H23ClFN3. The molecule has 3 rings (SSSR count). The lowest BCUT2D eigenvalue weighted by atomic mass is 10.1. The van der Waals surface area contributed by atoms with Gasteiger partial charge in [0.15, 0.2) is 0 Å². The molecule has 1 saturated heterocycles. The number of piperazine rings is 1. The molecule has 0 unspecified atom stereocenters. The normalized spacial score (nSPS) is 15.6. The largest absolute Gasteiger partial charge is 0.354 e. The first-order valence-electron chi connectivity index (χ1n) is 7.84. The van der Waals surface area contributed by atoms with Crippen LogP contribution in [0.25, 0.3) is 11.1 Å². The smallest absolute Gasteiger partial charge is 0.128 e. The van der Waals surface area contributed by atoms with Crippen LogP contribution in [0, 0.1) is 5.82 Å². The second-order valence-corrected chi connectivity index (χ2v) is 6.03. The first-order chi connectivity index (χ1) is 10.6. The molecule has 2 heterocycles. The fourth-order valence-electron chi connectivity index (χ4n) is 2.88. The summed E-state index contributed by atoms with van der Waals surface area (Å²) in [5.74, 6) is 0.787. The molecule has 1 aliphatic heterocycles. The van der Waals surface area contributed by atoms with Gasteiger partial charge in [-0.3, -0.25) is 4.90 Å². The summed E-state index contributed by atoms with van der Waals surface area (Å²) in [6, 6.07) is 11.3. The Morgan fingerprint density at radius 2 is 1.74 bits per heavy atom. The van der Waals surface area contributed by atoms with Gasteiger partial charge in [-0.15, -0.1) is 12.4 Å². The Bertz CT molecular complexity index is 622. The van der Waals surface area contributed by atoms with Gasteiger partial charge in [0.2, 0.25) is 0 Å². The molecule has 0 radical (unpaired) electrons. The number of hydrogen-bond acceptors (Lipinski definition) is 3. The first kappa shape index (κ1) is 17.7. The Hall–Kier alpha value is -1.65. The molecule has 0 atom stereocenters. The number of hydrogen-bond donors (Lipinski definition) is 0. The van der Waals surface area contributed by atoms with E-state index in [9.17, 15) is 4.39 Å². The summed E-state index contributed by atoms with van der Waals surface area (Å²) in [7, 11) is 0. The van der Waals surface area contributed by atoms with Gasteiger partial charge in [-0.1, -0.05) is 12.1 Å². The third-order valence-electron chi connectivity index (χ3n) is 4.27. The van der Waals surface area contributed by atoms with Crippen LogP contribution in [-0.4, -0.2) is 42.1 Å². The quantitative estimate of drug-likeness (QED) is 0.849. The molecule has 0 N–H and O–H groups in total. The summed E-state index contributed by atoms with van der Waals surface area (Å²) < 4.78 is 13.3. The van der Waals surface area contributed by atoms with Crippen LogP contribution in [-0.2, 0) is 0 Å². The fourth-order valence-corrected chi connectivity index (χ4v) is 2.88. The summed E-state index contributed by atoms with van der Waals surface area (Å²) >= 11 is 0. The van der Waals surface area contributed by atoms with Gasteiger partial charge in [0.1, 0.15) is 11.6 Å². The van der Waals surface area contributed by atoms with Crippen molar-refractivity contribution in [2.45, 2.75) is 19.9 Å². The van der Waals surface area contributed by atoms with E-state index in [2.05, 4.69) is 28.6 Å². The van der Waals surface area contributed by atoms with Gasteiger partial charge >= 0.3 is 0 Å². The van der Waals surface area contributed by atoms with Crippen LogP contribution in [0.4, 0.5) is 10.2 Å². The number of rotatable bonds is 3. The number of nitrogens with zero attached hydrogens (tertiary/aromatic N) is 3. The second-order valence-electron chi connectivity index (χ2n) is 6.03. The van der Waals surface area contributed by atoms with E-state index >= 15 is 0 Å². The number of pyridine rings is 1. The Labute approximate surface area is 143 Å². The van der Waals surface area contributed by atoms with Crippen molar-refractivity contribution in [3.8, 4) is 11.1 Å². The van der Waals surface area contributed by atoms with E-state index in [-0.39, 0.29) is 18.2 Å². The third kappa shape index (κ3) is 4.21. The summed E-state index contributed by atoms with van der Waals surface area (Å²) in [6.07, 6.45) is 1.83. The highest BCUT2D eigenvalue weighted by molar-refractivity contribution is 5.85. The minimum Gasteiger partial charge on any atom is -0.354 e. The lowest BCUT2D eigenvalue weighted by Gasteiger charge is -2.37. The average Bonchev–Trinajstić information content (AvgIpc) is 2.55. The molecule has 3 nitrogen and oxygen atoms in total. The highest BCUT2D eigenvalue weighted by Gasteiger charge is 2.19. The van der Waals surface area contributed by atoms with Crippen molar-refractivity contribution in [3.63, 3.8) is 0 Å². The van der Waals surface area contributed by atoms with Crippen LogP contribution >= 0.6 is 12.4 Å². The molecular weight excluding hydrogens is 313 g/mol. The Balaban J connectivity index is 0.00000192. The van der Waals surface area contributed by atoms with Crippen molar-refractivity contribution in [1.29, 1.82) is 0 Å². The van der Waals surface area contributed by atoms with Crippen molar-refractivity contribution < 1.29 is 4.39 Å². The average molecular weight is 336 g/mol. The summed E-state index contributed by atoms with van der Waals surface area (Å²) in [5.41, 5.74) is 1.81. The minimum absolute atomic E-state index is 0. The van der Waals surface area contributed by atoms with E-state index < -0.39 is 0 Å². The van der Waals surface area contributed by atoms with E-state index in [0.717, 1.165) is 43.1 Å². The SMILES string of the molecule is CC(C)N1CCN(c2ccc(-c3cccc(F)c3)cn2)CC1.Cl. The molecule has 23 heavy (non-hydrogen) atoms. The lowest BCUT2D eigenvalue weighted by molar-refractivity contribution is 0.209. The zero-order valence-electron chi connectivity index (χ0n) is 13.6. The minimum atomic E-state index is -0.216. The molecule has 1 aromatic carbocycles. The van der Waals surface area contributed by atoms with Gasteiger partial charge in [0, 0.05) is 44.0 Å². The zero-order valence-corrected chi connectivity index (χ0v) is 14.4. The third-order valence-corrected chi connectivity index (χ3v) is 4.27. The van der Waals surface area contributed by atoms with Crippen LogP contribution in [0.5, 0.6) is 0 Å². The van der Waals surface area contributed by atoms with Crippen LogP contribution in [0.15, 0.2) is 42.6 Å². The molecule has 2 aromatic rings. The zero-order chi connectivity index (χ0) is 15.5. The number of benzene rings is 1. The lowest BCUT2D eigenvalue weighted by Crippen LogP contribution is -2.49. The molecule has 1 aliphatic rings. The van der Waals surface area contributed by atoms with Crippen molar-refractivity contribution in [1.82, 2.24) is 9.88 Å². The molecule has 5 heteroatoms. The van der Waals surface area contributed by atoms with E-state index in [1.807, 2.05) is 24.4 Å². The topological polar surface area (TPSA) is 19.4 Å². The fraction of sp³-hybridized carbons (Fsp3) is 0.389. The number of aromatic nitrogens is 1. The van der Waals surface area contributed by atoms with Crippen LogP contribution < -0.4 is 4.90 Å². The van der Waals surface area contributed by atoms with Gasteiger partial charge in [0.05, 0.1) is 0 Å². The molecule has 1 fully saturated rings. The van der Waals surface area contributed by atoms with E-state index in [1.165, 1.54) is 12.1 Å². The molecule has 0 aliphatic carbocycles. The highest BCUT2D eigenvalue weighted by atomic mass is 35.5. The monoisotopic (exact) mass is 335 g/mol. The van der Waals surface area contributed by atoms with E-state index in [4.69, 9.17) is 0 Å². The summed E-state index contributed by atoms with van der Waals surface area (Å²) in [5, 5.41) is 0.